The van der Waals surface area contributed by atoms with Crippen molar-refractivity contribution in [2.45, 2.75) is 44.2 Å². The lowest BCUT2D eigenvalue weighted by atomic mass is 9.85. The van der Waals surface area contributed by atoms with Crippen LogP contribution in [0.1, 0.15) is 46.9 Å². The summed E-state index contributed by atoms with van der Waals surface area (Å²) in [5.74, 6) is -0.837. The van der Waals surface area contributed by atoms with Crippen LogP contribution in [0.3, 0.4) is 0 Å². The van der Waals surface area contributed by atoms with Crippen LogP contribution in [-0.2, 0) is 17.8 Å². The van der Waals surface area contributed by atoms with E-state index in [1.54, 1.807) is 17.0 Å². The van der Waals surface area contributed by atoms with Crippen LogP contribution in [0.2, 0.25) is 0 Å². The number of hydrogen-bond donors (Lipinski definition) is 1. The molecule has 30 heavy (non-hydrogen) atoms. The maximum absolute atomic E-state index is 13.3. The highest BCUT2D eigenvalue weighted by Crippen LogP contribution is 2.53. The number of nitrogens with one attached hydrogen (secondary N) is 1. The van der Waals surface area contributed by atoms with E-state index in [1.807, 2.05) is 10.7 Å². The first kappa shape index (κ1) is 19.5. The van der Waals surface area contributed by atoms with Crippen molar-refractivity contribution in [1.29, 1.82) is 0 Å². The first-order chi connectivity index (χ1) is 14.5. The highest BCUT2D eigenvalue weighted by atomic mass is 35.5. The van der Waals surface area contributed by atoms with Crippen LogP contribution < -0.4 is 5.32 Å². The van der Waals surface area contributed by atoms with E-state index < -0.39 is 0 Å². The molecule has 0 radical (unpaired) electrons. The van der Waals surface area contributed by atoms with Crippen LogP contribution in [0, 0.1) is 11.2 Å². The largest absolute Gasteiger partial charge is 0.350 e. The number of carbonyl (C=O) groups excluding carboxylic acids is 2. The molecule has 1 aliphatic carbocycles. The Kier molecular flexibility index (Phi) is 4.81. The molecule has 158 valence electrons. The zero-order chi connectivity index (χ0) is 20.9. The monoisotopic (exact) mass is 430 g/mol. The van der Waals surface area contributed by atoms with Crippen molar-refractivity contribution >= 4 is 23.4 Å². The van der Waals surface area contributed by atoms with Crippen LogP contribution >= 0.6 is 11.6 Å². The Bertz CT molecular complexity index is 960. The number of piperidine rings is 1. The van der Waals surface area contributed by atoms with Gasteiger partial charge in [0, 0.05) is 31.2 Å². The standard InChI is InChI=1S/C22H24ClFN4O2/c23-11-20(29)25-19-12-27(8-5-17(19)14-1-3-15(24)4-2-14)21(30)18-9-16-10-22(6-7-22)13-28(16)26-18/h1-4,9,17,19H,5-8,10-13H2,(H,25,29)/t17-,19+/m0/s1. The minimum absolute atomic E-state index is 0.0106. The Morgan fingerprint density at radius 3 is 2.70 bits per heavy atom. The van der Waals surface area contributed by atoms with E-state index in [0.29, 0.717) is 30.6 Å². The van der Waals surface area contributed by atoms with Gasteiger partial charge in [0.05, 0.1) is 6.04 Å². The molecular weight excluding hydrogens is 407 g/mol. The van der Waals surface area contributed by atoms with Gasteiger partial charge in [0.15, 0.2) is 5.69 Å². The smallest absolute Gasteiger partial charge is 0.274 e. The van der Waals surface area contributed by atoms with Crippen molar-refractivity contribution in [2.75, 3.05) is 19.0 Å². The predicted octanol–water partition coefficient (Wildman–Crippen LogP) is 2.71. The van der Waals surface area contributed by atoms with Gasteiger partial charge in [0.1, 0.15) is 11.7 Å². The highest BCUT2D eigenvalue weighted by molar-refractivity contribution is 6.27. The summed E-state index contributed by atoms with van der Waals surface area (Å²) >= 11 is 5.70. The number of alkyl halides is 1. The van der Waals surface area contributed by atoms with Gasteiger partial charge in [-0.3, -0.25) is 14.3 Å². The molecule has 1 aromatic heterocycles. The molecule has 3 aliphatic rings. The van der Waals surface area contributed by atoms with E-state index in [0.717, 1.165) is 24.2 Å². The third-order valence-electron chi connectivity index (χ3n) is 6.75. The fraction of sp³-hybridized carbons (Fsp3) is 0.500. The Hall–Kier alpha value is -2.41. The molecule has 1 saturated carbocycles. The summed E-state index contributed by atoms with van der Waals surface area (Å²) in [6, 6.07) is 7.96. The lowest BCUT2D eigenvalue weighted by Crippen LogP contribution is -2.53. The molecule has 0 unspecified atom stereocenters. The number of hydrogen-bond acceptors (Lipinski definition) is 3. The van der Waals surface area contributed by atoms with Crippen molar-refractivity contribution < 1.29 is 14.0 Å². The molecule has 2 fully saturated rings. The summed E-state index contributed by atoms with van der Waals surface area (Å²) in [5.41, 5.74) is 2.97. The highest BCUT2D eigenvalue weighted by Gasteiger charge is 2.48. The third kappa shape index (κ3) is 3.60. The van der Waals surface area contributed by atoms with Gasteiger partial charge in [-0.15, -0.1) is 11.6 Å². The van der Waals surface area contributed by atoms with E-state index in [-0.39, 0.29) is 35.5 Å². The van der Waals surface area contributed by atoms with E-state index in [1.165, 1.54) is 25.0 Å². The van der Waals surface area contributed by atoms with Crippen molar-refractivity contribution in [3.05, 3.63) is 53.1 Å². The zero-order valence-corrected chi connectivity index (χ0v) is 17.4. The van der Waals surface area contributed by atoms with E-state index in [9.17, 15) is 14.0 Å². The molecule has 0 bridgehead atoms. The van der Waals surface area contributed by atoms with Gasteiger partial charge >= 0.3 is 0 Å². The first-order valence-electron chi connectivity index (χ1n) is 10.4. The Labute approximate surface area is 179 Å². The number of carbonyl (C=O) groups is 2. The van der Waals surface area contributed by atoms with E-state index in [4.69, 9.17) is 11.6 Å². The molecule has 6 nitrogen and oxygen atoms in total. The molecule has 2 aromatic rings. The molecule has 3 heterocycles. The number of rotatable bonds is 4. The van der Waals surface area contributed by atoms with Gasteiger partial charge in [-0.2, -0.15) is 5.10 Å². The molecule has 1 aromatic carbocycles. The number of aromatic nitrogens is 2. The minimum Gasteiger partial charge on any atom is -0.350 e. The minimum atomic E-state index is -0.298. The number of benzene rings is 1. The molecule has 1 N–H and O–H groups in total. The van der Waals surface area contributed by atoms with E-state index in [2.05, 4.69) is 10.4 Å². The summed E-state index contributed by atoms with van der Waals surface area (Å²) in [6.07, 6.45) is 4.17. The summed E-state index contributed by atoms with van der Waals surface area (Å²) in [7, 11) is 0. The lowest BCUT2D eigenvalue weighted by Gasteiger charge is -2.39. The summed E-state index contributed by atoms with van der Waals surface area (Å²) < 4.78 is 15.3. The maximum Gasteiger partial charge on any atom is 0.274 e. The van der Waals surface area contributed by atoms with Crippen molar-refractivity contribution in [3.63, 3.8) is 0 Å². The molecule has 2 atom stereocenters. The molecule has 2 aliphatic heterocycles. The van der Waals surface area contributed by atoms with Gasteiger partial charge < -0.3 is 10.2 Å². The van der Waals surface area contributed by atoms with E-state index >= 15 is 0 Å². The summed E-state index contributed by atoms with van der Waals surface area (Å²) in [5, 5.41) is 7.51. The van der Waals surface area contributed by atoms with Gasteiger partial charge in [0.25, 0.3) is 5.91 Å². The van der Waals surface area contributed by atoms with Crippen LogP contribution in [0.15, 0.2) is 30.3 Å². The lowest BCUT2D eigenvalue weighted by molar-refractivity contribution is -0.119. The summed E-state index contributed by atoms with van der Waals surface area (Å²) in [4.78, 5) is 26.9. The van der Waals surface area contributed by atoms with Gasteiger partial charge in [-0.1, -0.05) is 12.1 Å². The maximum atomic E-state index is 13.3. The fourth-order valence-electron chi connectivity index (χ4n) is 4.91. The Morgan fingerprint density at radius 2 is 2.03 bits per heavy atom. The third-order valence-corrected chi connectivity index (χ3v) is 6.99. The average Bonchev–Trinajstić information content (AvgIpc) is 3.25. The number of nitrogens with zero attached hydrogens (tertiary/aromatic N) is 3. The molecule has 1 spiro atoms. The number of amides is 2. The number of fused-ring (bicyclic) bond motifs is 1. The van der Waals surface area contributed by atoms with Gasteiger partial charge in [-0.25, -0.2) is 4.39 Å². The topological polar surface area (TPSA) is 67.2 Å². The van der Waals surface area contributed by atoms with Crippen molar-refractivity contribution in [1.82, 2.24) is 20.0 Å². The zero-order valence-electron chi connectivity index (χ0n) is 16.6. The normalized spacial score (nSPS) is 24.0. The van der Waals surface area contributed by atoms with Crippen LogP contribution in [0.25, 0.3) is 0 Å². The second kappa shape index (κ2) is 7.38. The average molecular weight is 431 g/mol. The van der Waals surface area contributed by atoms with Crippen LogP contribution in [0.5, 0.6) is 0 Å². The van der Waals surface area contributed by atoms with Crippen LogP contribution in [0.4, 0.5) is 4.39 Å². The van der Waals surface area contributed by atoms with Gasteiger partial charge in [0.2, 0.25) is 5.91 Å². The second-order valence-electron chi connectivity index (χ2n) is 8.86. The summed E-state index contributed by atoms with van der Waals surface area (Å²) in [6.45, 7) is 1.84. The van der Waals surface area contributed by atoms with Crippen LogP contribution in [-0.4, -0.2) is 51.5 Å². The van der Waals surface area contributed by atoms with Crippen molar-refractivity contribution in [2.24, 2.45) is 5.41 Å². The Morgan fingerprint density at radius 1 is 1.27 bits per heavy atom. The molecule has 5 rings (SSSR count). The molecule has 1 saturated heterocycles. The number of halogens is 2. The SMILES string of the molecule is O=C(CCl)N[C@@H]1CN(C(=O)c2cc3n(n2)CC2(CC2)C3)CC[C@H]1c1ccc(F)cc1. The number of likely N-dealkylation sites (tertiary alicyclic amines) is 1. The Balaban J connectivity index is 1.32. The first-order valence-corrected chi connectivity index (χ1v) is 11.0. The predicted molar refractivity (Wildman–Crippen MR) is 110 cm³/mol. The molecule has 8 heteroatoms. The van der Waals surface area contributed by atoms with Crippen molar-refractivity contribution in [3.8, 4) is 0 Å². The van der Waals surface area contributed by atoms with Gasteiger partial charge in [-0.05, 0) is 54.9 Å². The second-order valence-corrected chi connectivity index (χ2v) is 9.13. The molecular formula is C22H24ClFN4O2. The molecule has 2 amide bonds. The fourth-order valence-corrected chi connectivity index (χ4v) is 4.98. The quantitative estimate of drug-likeness (QED) is 0.758.